The van der Waals surface area contributed by atoms with E-state index in [2.05, 4.69) is 10.3 Å². The zero-order valence-electron chi connectivity index (χ0n) is 11.0. The molecule has 4 nitrogen and oxygen atoms in total. The average Bonchev–Trinajstić information content (AvgIpc) is 2.75. The molecule has 0 aliphatic carbocycles. The molecule has 0 aliphatic rings. The lowest BCUT2D eigenvalue weighted by atomic mass is 10.1. The fraction of sp³-hybridized carbons (Fsp3) is 0. The second-order valence-corrected chi connectivity index (χ2v) is 4.95. The zero-order chi connectivity index (χ0) is 14.8. The summed E-state index contributed by atoms with van der Waals surface area (Å²) in [6.07, 6.45) is 0. The van der Waals surface area contributed by atoms with Crippen LogP contribution < -0.4 is 5.32 Å². The summed E-state index contributed by atoms with van der Waals surface area (Å²) in [4.78, 5) is 2.51. The summed E-state index contributed by atoms with van der Waals surface area (Å²) in [5, 5.41) is 23.6. The van der Waals surface area contributed by atoms with Gasteiger partial charge in [0.15, 0.2) is 0 Å². The van der Waals surface area contributed by atoms with Gasteiger partial charge < -0.3 is 15.5 Å². The minimum atomic E-state index is -0.147. The van der Waals surface area contributed by atoms with Crippen molar-refractivity contribution in [3.05, 3.63) is 59.6 Å². The minimum absolute atomic E-state index is 0.140. The third-order valence-electron chi connectivity index (χ3n) is 3.15. The predicted molar refractivity (Wildman–Crippen MR) is 84.3 cm³/mol. The highest BCUT2D eigenvalue weighted by Gasteiger charge is 2.20. The molecule has 4 N–H and O–H groups in total. The van der Waals surface area contributed by atoms with E-state index in [1.54, 1.807) is 18.2 Å². The van der Waals surface area contributed by atoms with Gasteiger partial charge in [-0.15, -0.1) is 0 Å². The first-order chi connectivity index (χ1) is 10.2. The Bertz CT molecular complexity index is 769. The van der Waals surface area contributed by atoms with Gasteiger partial charge in [0.1, 0.15) is 5.69 Å². The number of anilines is 2. The number of aromatic nitrogens is 1. The Hall–Kier alpha value is -2.59. The fourth-order valence-electron chi connectivity index (χ4n) is 2.19. The summed E-state index contributed by atoms with van der Waals surface area (Å²) >= 11 is 6.18. The number of nitrogens with one attached hydrogen (secondary N) is 2. The molecule has 0 unspecified atom stereocenters. The van der Waals surface area contributed by atoms with E-state index in [0.717, 1.165) is 5.69 Å². The van der Waals surface area contributed by atoms with E-state index in [9.17, 15) is 10.2 Å². The van der Waals surface area contributed by atoms with Crippen molar-refractivity contribution >= 4 is 23.0 Å². The number of para-hydroxylation sites is 1. The van der Waals surface area contributed by atoms with Gasteiger partial charge in [0.25, 0.3) is 0 Å². The van der Waals surface area contributed by atoms with E-state index >= 15 is 0 Å². The van der Waals surface area contributed by atoms with Crippen LogP contribution in [0.15, 0.2) is 54.6 Å². The normalized spacial score (nSPS) is 10.5. The van der Waals surface area contributed by atoms with Crippen molar-refractivity contribution in [3.63, 3.8) is 0 Å². The molecule has 0 fully saturated rings. The van der Waals surface area contributed by atoms with Gasteiger partial charge in [0.05, 0.1) is 5.56 Å². The molecule has 0 bridgehead atoms. The molecule has 21 heavy (non-hydrogen) atoms. The molecular formula is C16H13ClN2O2. The Balaban J connectivity index is 2.12. The minimum Gasteiger partial charge on any atom is -0.494 e. The van der Waals surface area contributed by atoms with Crippen LogP contribution in [0.4, 0.5) is 11.4 Å². The van der Waals surface area contributed by atoms with Crippen LogP contribution >= 0.6 is 11.6 Å². The average molecular weight is 301 g/mol. The van der Waals surface area contributed by atoms with Crippen LogP contribution in [0.3, 0.4) is 0 Å². The van der Waals surface area contributed by atoms with E-state index in [1.807, 2.05) is 36.4 Å². The maximum absolute atomic E-state index is 10.1. The van der Waals surface area contributed by atoms with Crippen LogP contribution in [-0.2, 0) is 0 Å². The quantitative estimate of drug-likeness (QED) is 0.576. The van der Waals surface area contributed by atoms with E-state index < -0.39 is 0 Å². The molecule has 1 heterocycles. The molecule has 3 aromatic rings. The first-order valence-corrected chi connectivity index (χ1v) is 6.75. The van der Waals surface area contributed by atoms with Crippen molar-refractivity contribution in [2.24, 2.45) is 0 Å². The first-order valence-electron chi connectivity index (χ1n) is 6.37. The van der Waals surface area contributed by atoms with Gasteiger partial charge in [-0.05, 0) is 18.2 Å². The van der Waals surface area contributed by atoms with Crippen molar-refractivity contribution < 1.29 is 10.2 Å². The zero-order valence-corrected chi connectivity index (χ0v) is 11.7. The maximum atomic E-state index is 10.1. The van der Waals surface area contributed by atoms with Gasteiger partial charge in [-0.2, -0.15) is 0 Å². The highest BCUT2D eigenvalue weighted by atomic mass is 35.5. The molecule has 3 rings (SSSR count). The van der Waals surface area contributed by atoms with E-state index in [-0.39, 0.29) is 11.8 Å². The molecule has 106 valence electrons. The summed E-state index contributed by atoms with van der Waals surface area (Å²) in [6, 6.07) is 16.5. The molecule has 0 amide bonds. The van der Waals surface area contributed by atoms with Gasteiger partial charge in [-0.3, -0.25) is 4.98 Å². The van der Waals surface area contributed by atoms with Crippen molar-refractivity contribution in [2.75, 3.05) is 5.32 Å². The second kappa shape index (κ2) is 5.42. The van der Waals surface area contributed by atoms with E-state index in [4.69, 9.17) is 11.6 Å². The maximum Gasteiger partial charge on any atom is 0.216 e. The summed E-state index contributed by atoms with van der Waals surface area (Å²) in [6.45, 7) is 0. The lowest BCUT2D eigenvalue weighted by Gasteiger charge is -2.09. The lowest BCUT2D eigenvalue weighted by Crippen LogP contribution is -1.91. The number of rotatable bonds is 3. The number of benzene rings is 2. The highest BCUT2D eigenvalue weighted by Crippen LogP contribution is 2.45. The SMILES string of the molecule is Oc1[nH]c(O)c(-c2ccccc2Cl)c1Nc1ccccc1. The molecule has 1 aromatic heterocycles. The Kier molecular flexibility index (Phi) is 3.46. The molecule has 0 spiro atoms. The van der Waals surface area contributed by atoms with Crippen LogP contribution in [-0.4, -0.2) is 15.2 Å². The number of H-pyrrole nitrogens is 1. The summed E-state index contributed by atoms with van der Waals surface area (Å²) < 4.78 is 0. The molecule has 2 aromatic carbocycles. The molecular weight excluding hydrogens is 288 g/mol. The largest absolute Gasteiger partial charge is 0.494 e. The van der Waals surface area contributed by atoms with Crippen molar-refractivity contribution in [2.45, 2.75) is 0 Å². The number of halogens is 1. The summed E-state index contributed by atoms with van der Waals surface area (Å²) in [5.74, 6) is -0.287. The standard InChI is InChI=1S/C16H13ClN2O2/c17-12-9-5-4-8-11(12)13-14(16(21)19-15(13)20)18-10-6-2-1-3-7-10/h1-9,18-21H. The lowest BCUT2D eigenvalue weighted by molar-refractivity contribution is 0.426. The van der Waals surface area contributed by atoms with Crippen molar-refractivity contribution in [1.29, 1.82) is 0 Å². The number of aromatic hydroxyl groups is 2. The van der Waals surface area contributed by atoms with Crippen LogP contribution in [0.5, 0.6) is 11.8 Å². The third kappa shape index (κ3) is 2.53. The second-order valence-electron chi connectivity index (χ2n) is 4.54. The summed E-state index contributed by atoms with van der Waals surface area (Å²) in [7, 11) is 0. The van der Waals surface area contributed by atoms with Gasteiger partial charge >= 0.3 is 0 Å². The monoisotopic (exact) mass is 300 g/mol. The molecule has 0 atom stereocenters. The molecule has 0 saturated carbocycles. The van der Waals surface area contributed by atoms with Gasteiger partial charge in [-0.25, -0.2) is 0 Å². The highest BCUT2D eigenvalue weighted by molar-refractivity contribution is 6.33. The smallest absolute Gasteiger partial charge is 0.216 e. The molecule has 0 saturated heterocycles. The Morgan fingerprint density at radius 3 is 2.24 bits per heavy atom. The third-order valence-corrected chi connectivity index (χ3v) is 3.48. The van der Waals surface area contributed by atoms with Crippen molar-refractivity contribution in [1.82, 2.24) is 4.98 Å². The van der Waals surface area contributed by atoms with Gasteiger partial charge in [0, 0.05) is 16.3 Å². The molecule has 0 radical (unpaired) electrons. The number of hydrogen-bond acceptors (Lipinski definition) is 3. The van der Waals surface area contributed by atoms with Crippen molar-refractivity contribution in [3.8, 4) is 22.9 Å². The first kappa shape index (κ1) is 13.4. The Morgan fingerprint density at radius 1 is 0.857 bits per heavy atom. The van der Waals surface area contributed by atoms with Crippen LogP contribution in [0.1, 0.15) is 0 Å². The van der Waals surface area contributed by atoms with Crippen LogP contribution in [0.25, 0.3) is 11.1 Å². The number of aromatic amines is 1. The Morgan fingerprint density at radius 2 is 1.52 bits per heavy atom. The molecule has 0 aliphatic heterocycles. The van der Waals surface area contributed by atoms with Gasteiger partial charge in [-0.1, -0.05) is 48.0 Å². The number of hydrogen-bond donors (Lipinski definition) is 4. The van der Waals surface area contributed by atoms with E-state index in [0.29, 0.717) is 21.8 Å². The van der Waals surface area contributed by atoms with Gasteiger partial charge in [0.2, 0.25) is 11.8 Å². The molecule has 5 heteroatoms. The van der Waals surface area contributed by atoms with Crippen LogP contribution in [0.2, 0.25) is 5.02 Å². The summed E-state index contributed by atoms with van der Waals surface area (Å²) in [5.41, 5.74) is 2.24. The fourth-order valence-corrected chi connectivity index (χ4v) is 2.42. The Labute approximate surface area is 126 Å². The topological polar surface area (TPSA) is 68.3 Å². The van der Waals surface area contributed by atoms with E-state index in [1.165, 1.54) is 0 Å². The van der Waals surface area contributed by atoms with Crippen LogP contribution in [0, 0.1) is 0 Å². The predicted octanol–water partition coefficient (Wildman–Crippen LogP) is 4.49.